The highest BCUT2D eigenvalue weighted by molar-refractivity contribution is 5.58. The van der Waals surface area contributed by atoms with Crippen molar-refractivity contribution in [1.29, 1.82) is 0 Å². The summed E-state index contributed by atoms with van der Waals surface area (Å²) in [5, 5.41) is 3.58. The second kappa shape index (κ2) is 5.61. The zero-order valence-electron chi connectivity index (χ0n) is 10.9. The van der Waals surface area contributed by atoms with E-state index >= 15 is 0 Å². The lowest BCUT2D eigenvalue weighted by Crippen LogP contribution is -2.31. The van der Waals surface area contributed by atoms with Crippen molar-refractivity contribution in [2.24, 2.45) is 0 Å². The molecule has 3 nitrogen and oxygen atoms in total. The predicted octanol–water partition coefficient (Wildman–Crippen LogP) is 2.42. The van der Waals surface area contributed by atoms with Crippen molar-refractivity contribution in [3.8, 4) is 5.75 Å². The number of fused-ring (bicyclic) bond motifs is 1. The summed E-state index contributed by atoms with van der Waals surface area (Å²) in [6.45, 7) is 4.29. The van der Waals surface area contributed by atoms with Gasteiger partial charge in [-0.15, -0.1) is 0 Å². The van der Waals surface area contributed by atoms with Crippen LogP contribution in [0.25, 0.3) is 0 Å². The molecule has 3 heteroatoms. The third kappa shape index (κ3) is 2.61. The van der Waals surface area contributed by atoms with Crippen molar-refractivity contribution < 1.29 is 4.74 Å². The maximum atomic E-state index is 5.79. The molecule has 1 N–H and O–H groups in total. The first-order chi connectivity index (χ1) is 8.93. The highest BCUT2D eigenvalue weighted by Crippen LogP contribution is 2.30. The topological polar surface area (TPSA) is 24.5 Å². The third-order valence-corrected chi connectivity index (χ3v) is 3.95. The Hall–Kier alpha value is -1.22. The Morgan fingerprint density at radius 3 is 3.11 bits per heavy atom. The average molecular weight is 246 g/mol. The van der Waals surface area contributed by atoms with E-state index in [4.69, 9.17) is 4.74 Å². The third-order valence-electron chi connectivity index (χ3n) is 3.95. The summed E-state index contributed by atoms with van der Waals surface area (Å²) >= 11 is 0. The summed E-state index contributed by atoms with van der Waals surface area (Å²) in [6, 6.07) is 9.15. The number of anilines is 1. The van der Waals surface area contributed by atoms with Gasteiger partial charge in [0.2, 0.25) is 0 Å². The van der Waals surface area contributed by atoms with Crippen LogP contribution in [0.3, 0.4) is 0 Å². The summed E-state index contributed by atoms with van der Waals surface area (Å²) in [6.07, 6.45) is 5.04. The number of hydrogen-bond acceptors (Lipinski definition) is 3. The molecule has 0 aliphatic carbocycles. The SMILES string of the molecule is c1ccc2c(c1)OCCCN2CCC1CCCN1. The van der Waals surface area contributed by atoms with Gasteiger partial charge in [-0.05, 0) is 44.4 Å². The molecule has 0 aromatic heterocycles. The molecule has 0 spiro atoms. The molecule has 98 valence electrons. The number of benzene rings is 1. The quantitative estimate of drug-likeness (QED) is 0.886. The molecular weight excluding hydrogens is 224 g/mol. The first kappa shape index (κ1) is 11.8. The summed E-state index contributed by atoms with van der Waals surface area (Å²) in [5.41, 5.74) is 1.27. The standard InChI is InChI=1S/C15H22N2O/c1-2-7-15-14(6-1)17(10-4-12-18-15)11-8-13-5-3-9-16-13/h1-2,6-7,13,16H,3-5,8-12H2. The summed E-state index contributed by atoms with van der Waals surface area (Å²) in [7, 11) is 0. The lowest BCUT2D eigenvalue weighted by Gasteiger charge is -2.25. The Morgan fingerprint density at radius 2 is 2.22 bits per heavy atom. The molecule has 0 saturated carbocycles. The molecule has 1 saturated heterocycles. The van der Waals surface area contributed by atoms with E-state index in [-0.39, 0.29) is 0 Å². The average Bonchev–Trinajstić information content (AvgIpc) is 2.84. The van der Waals surface area contributed by atoms with Crippen LogP contribution in [0.1, 0.15) is 25.7 Å². The maximum Gasteiger partial charge on any atom is 0.142 e. The van der Waals surface area contributed by atoms with Gasteiger partial charge in [0.15, 0.2) is 0 Å². The molecule has 1 atom stereocenters. The zero-order chi connectivity index (χ0) is 12.2. The van der Waals surface area contributed by atoms with E-state index in [1.54, 1.807) is 0 Å². The molecule has 18 heavy (non-hydrogen) atoms. The largest absolute Gasteiger partial charge is 0.491 e. The van der Waals surface area contributed by atoms with Crippen molar-refractivity contribution in [3.63, 3.8) is 0 Å². The smallest absolute Gasteiger partial charge is 0.142 e. The van der Waals surface area contributed by atoms with Crippen molar-refractivity contribution in [2.75, 3.05) is 31.1 Å². The van der Waals surface area contributed by atoms with Crippen LogP contribution >= 0.6 is 0 Å². The molecule has 2 aliphatic rings. The van der Waals surface area contributed by atoms with Gasteiger partial charge in [-0.3, -0.25) is 0 Å². The first-order valence-electron chi connectivity index (χ1n) is 7.13. The van der Waals surface area contributed by atoms with E-state index in [9.17, 15) is 0 Å². The number of hydrogen-bond donors (Lipinski definition) is 1. The van der Waals surface area contributed by atoms with Gasteiger partial charge in [0, 0.05) is 19.1 Å². The minimum Gasteiger partial charge on any atom is -0.491 e. The van der Waals surface area contributed by atoms with E-state index in [1.807, 2.05) is 0 Å². The first-order valence-corrected chi connectivity index (χ1v) is 7.13. The molecule has 1 unspecified atom stereocenters. The van der Waals surface area contributed by atoms with Gasteiger partial charge in [0.25, 0.3) is 0 Å². The van der Waals surface area contributed by atoms with Crippen LogP contribution in [-0.2, 0) is 0 Å². The van der Waals surface area contributed by atoms with E-state index in [2.05, 4.69) is 34.5 Å². The number of para-hydroxylation sites is 2. The van der Waals surface area contributed by atoms with E-state index < -0.39 is 0 Å². The number of nitrogens with one attached hydrogen (secondary N) is 1. The van der Waals surface area contributed by atoms with Crippen LogP contribution in [-0.4, -0.2) is 32.3 Å². The Morgan fingerprint density at radius 1 is 1.28 bits per heavy atom. The van der Waals surface area contributed by atoms with Crippen molar-refractivity contribution in [2.45, 2.75) is 31.7 Å². The van der Waals surface area contributed by atoms with E-state index in [0.29, 0.717) is 0 Å². The summed E-state index contributed by atoms with van der Waals surface area (Å²) < 4.78 is 5.79. The van der Waals surface area contributed by atoms with Crippen molar-refractivity contribution in [3.05, 3.63) is 24.3 Å². The lowest BCUT2D eigenvalue weighted by molar-refractivity contribution is 0.322. The van der Waals surface area contributed by atoms with Gasteiger partial charge in [-0.1, -0.05) is 12.1 Å². The minimum absolute atomic E-state index is 0.723. The second-order valence-electron chi connectivity index (χ2n) is 5.24. The second-order valence-corrected chi connectivity index (χ2v) is 5.24. The van der Waals surface area contributed by atoms with Gasteiger partial charge in [-0.2, -0.15) is 0 Å². The molecule has 1 aromatic rings. The van der Waals surface area contributed by atoms with Crippen LogP contribution in [0.4, 0.5) is 5.69 Å². The van der Waals surface area contributed by atoms with Crippen LogP contribution in [0.2, 0.25) is 0 Å². The number of ether oxygens (including phenoxy) is 1. The van der Waals surface area contributed by atoms with E-state index in [0.717, 1.165) is 37.9 Å². The molecule has 2 heterocycles. The molecule has 2 aliphatic heterocycles. The fourth-order valence-electron chi connectivity index (χ4n) is 2.95. The Balaban J connectivity index is 1.67. The highest BCUT2D eigenvalue weighted by Gasteiger charge is 2.19. The van der Waals surface area contributed by atoms with Gasteiger partial charge < -0.3 is 15.0 Å². The summed E-state index contributed by atoms with van der Waals surface area (Å²) in [5.74, 6) is 1.05. The van der Waals surface area contributed by atoms with Crippen LogP contribution < -0.4 is 15.0 Å². The normalized spacial score (nSPS) is 23.3. The fraction of sp³-hybridized carbons (Fsp3) is 0.600. The van der Waals surface area contributed by atoms with Crippen LogP contribution in [0, 0.1) is 0 Å². The van der Waals surface area contributed by atoms with Gasteiger partial charge in [0.1, 0.15) is 5.75 Å². The monoisotopic (exact) mass is 246 g/mol. The van der Waals surface area contributed by atoms with Crippen molar-refractivity contribution in [1.82, 2.24) is 5.32 Å². The Bertz CT molecular complexity index is 388. The minimum atomic E-state index is 0.723. The Kier molecular flexibility index (Phi) is 3.69. The predicted molar refractivity (Wildman–Crippen MR) is 74.4 cm³/mol. The fourth-order valence-corrected chi connectivity index (χ4v) is 2.95. The molecule has 1 fully saturated rings. The zero-order valence-corrected chi connectivity index (χ0v) is 10.9. The molecule has 1 aromatic carbocycles. The van der Waals surface area contributed by atoms with Gasteiger partial charge in [-0.25, -0.2) is 0 Å². The molecule has 3 rings (SSSR count). The lowest BCUT2D eigenvalue weighted by atomic mass is 10.1. The molecule has 0 radical (unpaired) electrons. The van der Waals surface area contributed by atoms with Crippen LogP contribution in [0.15, 0.2) is 24.3 Å². The highest BCUT2D eigenvalue weighted by atomic mass is 16.5. The van der Waals surface area contributed by atoms with E-state index in [1.165, 1.54) is 31.5 Å². The maximum absolute atomic E-state index is 5.79. The summed E-state index contributed by atoms with van der Waals surface area (Å²) in [4.78, 5) is 2.49. The molecule has 0 bridgehead atoms. The number of nitrogens with zero attached hydrogens (tertiary/aromatic N) is 1. The molecular formula is C15H22N2O. The Labute approximate surface area is 109 Å². The van der Waals surface area contributed by atoms with Gasteiger partial charge in [0.05, 0.1) is 12.3 Å². The van der Waals surface area contributed by atoms with Crippen molar-refractivity contribution >= 4 is 5.69 Å². The molecule has 0 amide bonds. The number of rotatable bonds is 3. The van der Waals surface area contributed by atoms with Gasteiger partial charge >= 0.3 is 0 Å². The van der Waals surface area contributed by atoms with Crippen LogP contribution in [0.5, 0.6) is 5.75 Å².